The molecule has 0 aliphatic heterocycles. The summed E-state index contributed by atoms with van der Waals surface area (Å²) in [7, 11) is 0. The van der Waals surface area contributed by atoms with Gasteiger partial charge in [0.1, 0.15) is 16.4 Å². The Morgan fingerprint density at radius 3 is 2.68 bits per heavy atom. The molecule has 0 saturated carbocycles. The van der Waals surface area contributed by atoms with Gasteiger partial charge in [0, 0.05) is 11.6 Å². The molecule has 1 amide bonds. The number of anilines is 1. The summed E-state index contributed by atoms with van der Waals surface area (Å²) in [5.41, 5.74) is 2.37. The molecule has 1 aromatic carbocycles. The number of pyridine rings is 2. The average Bonchev–Trinajstić information content (AvgIpc) is 3.07. The standard InChI is InChI=1S/C19H12ClN3O2/c20-18-14(5-3-9-21-18)19(24)23-13-7-8-15(22-11-13)17-10-12-4-1-2-6-16(12)25-17/h1-11H,(H,23,24). The third-order valence-electron chi connectivity index (χ3n) is 3.70. The van der Waals surface area contributed by atoms with Gasteiger partial charge in [-0.3, -0.25) is 9.78 Å². The molecule has 0 radical (unpaired) electrons. The van der Waals surface area contributed by atoms with Crippen LogP contribution in [0.3, 0.4) is 0 Å². The molecule has 0 unspecified atom stereocenters. The van der Waals surface area contributed by atoms with Crippen molar-refractivity contribution in [3.8, 4) is 11.5 Å². The number of rotatable bonds is 3. The van der Waals surface area contributed by atoms with E-state index in [1.54, 1.807) is 30.5 Å². The van der Waals surface area contributed by atoms with Crippen LogP contribution in [0, 0.1) is 0 Å². The van der Waals surface area contributed by atoms with Crippen LogP contribution >= 0.6 is 11.6 Å². The predicted molar refractivity (Wildman–Crippen MR) is 96.6 cm³/mol. The normalized spacial score (nSPS) is 10.8. The SMILES string of the molecule is O=C(Nc1ccc(-c2cc3ccccc3o2)nc1)c1cccnc1Cl. The van der Waals surface area contributed by atoms with E-state index < -0.39 is 0 Å². The molecule has 25 heavy (non-hydrogen) atoms. The maximum atomic E-state index is 12.2. The molecular weight excluding hydrogens is 338 g/mol. The van der Waals surface area contributed by atoms with Gasteiger partial charge in [-0.2, -0.15) is 0 Å². The molecule has 3 aromatic heterocycles. The summed E-state index contributed by atoms with van der Waals surface area (Å²) < 4.78 is 5.78. The zero-order valence-electron chi connectivity index (χ0n) is 12.9. The molecule has 0 spiro atoms. The number of hydrogen-bond donors (Lipinski definition) is 1. The second-order valence-corrected chi connectivity index (χ2v) is 5.73. The van der Waals surface area contributed by atoms with E-state index in [2.05, 4.69) is 15.3 Å². The summed E-state index contributed by atoms with van der Waals surface area (Å²) in [6, 6.07) is 16.5. The Morgan fingerprint density at radius 2 is 1.92 bits per heavy atom. The molecule has 6 heteroatoms. The van der Waals surface area contributed by atoms with Gasteiger partial charge < -0.3 is 9.73 Å². The van der Waals surface area contributed by atoms with Crippen molar-refractivity contribution in [2.45, 2.75) is 0 Å². The number of halogens is 1. The van der Waals surface area contributed by atoms with E-state index in [0.29, 0.717) is 22.7 Å². The number of aromatic nitrogens is 2. The number of para-hydroxylation sites is 1. The summed E-state index contributed by atoms with van der Waals surface area (Å²) in [5.74, 6) is 0.339. The van der Waals surface area contributed by atoms with Crippen molar-refractivity contribution in [3.05, 3.63) is 77.7 Å². The number of furan rings is 1. The van der Waals surface area contributed by atoms with E-state index in [1.165, 1.54) is 6.20 Å². The number of nitrogens with zero attached hydrogens (tertiary/aromatic N) is 2. The average molecular weight is 350 g/mol. The Labute approximate surface area is 148 Å². The zero-order valence-corrected chi connectivity index (χ0v) is 13.7. The minimum Gasteiger partial charge on any atom is -0.454 e. The minimum absolute atomic E-state index is 0.159. The topological polar surface area (TPSA) is 68.0 Å². The van der Waals surface area contributed by atoms with Crippen LogP contribution in [0.15, 0.2) is 71.4 Å². The minimum atomic E-state index is -0.337. The summed E-state index contributed by atoms with van der Waals surface area (Å²) in [6.07, 6.45) is 3.10. The lowest BCUT2D eigenvalue weighted by atomic mass is 10.2. The van der Waals surface area contributed by atoms with Crippen LogP contribution in [-0.2, 0) is 0 Å². The highest BCUT2D eigenvalue weighted by molar-refractivity contribution is 6.33. The summed E-state index contributed by atoms with van der Waals surface area (Å²) in [6.45, 7) is 0. The first kappa shape index (κ1) is 15.4. The number of benzene rings is 1. The monoisotopic (exact) mass is 349 g/mol. The number of amides is 1. The van der Waals surface area contributed by atoms with E-state index in [4.69, 9.17) is 16.0 Å². The van der Waals surface area contributed by atoms with Gasteiger partial charge in [0.2, 0.25) is 0 Å². The van der Waals surface area contributed by atoms with Crippen molar-refractivity contribution in [3.63, 3.8) is 0 Å². The van der Waals surface area contributed by atoms with E-state index in [1.807, 2.05) is 30.3 Å². The van der Waals surface area contributed by atoms with E-state index >= 15 is 0 Å². The van der Waals surface area contributed by atoms with Crippen molar-refractivity contribution in [1.29, 1.82) is 0 Å². The smallest absolute Gasteiger partial charge is 0.258 e. The van der Waals surface area contributed by atoms with Gasteiger partial charge in [-0.15, -0.1) is 0 Å². The predicted octanol–water partition coefficient (Wildman–Crippen LogP) is 4.80. The lowest BCUT2D eigenvalue weighted by Crippen LogP contribution is -2.13. The zero-order chi connectivity index (χ0) is 17.2. The first-order valence-corrected chi connectivity index (χ1v) is 7.95. The Kier molecular flexibility index (Phi) is 3.91. The van der Waals surface area contributed by atoms with Crippen molar-refractivity contribution in [1.82, 2.24) is 9.97 Å². The van der Waals surface area contributed by atoms with Crippen LogP contribution in [0.4, 0.5) is 5.69 Å². The van der Waals surface area contributed by atoms with Crippen LogP contribution in [0.25, 0.3) is 22.4 Å². The number of carbonyl (C=O) groups excluding carboxylic acids is 1. The van der Waals surface area contributed by atoms with Gasteiger partial charge in [0.15, 0.2) is 5.76 Å². The molecule has 0 fully saturated rings. The fraction of sp³-hybridized carbons (Fsp3) is 0. The summed E-state index contributed by atoms with van der Waals surface area (Å²) in [4.78, 5) is 20.5. The van der Waals surface area contributed by atoms with Gasteiger partial charge in [-0.25, -0.2) is 4.98 Å². The van der Waals surface area contributed by atoms with Crippen LogP contribution in [0.1, 0.15) is 10.4 Å². The maximum absolute atomic E-state index is 12.2. The fourth-order valence-corrected chi connectivity index (χ4v) is 2.68. The molecule has 3 heterocycles. The lowest BCUT2D eigenvalue weighted by Gasteiger charge is -2.06. The van der Waals surface area contributed by atoms with Gasteiger partial charge in [0.25, 0.3) is 5.91 Å². The Balaban J connectivity index is 1.56. The number of hydrogen-bond acceptors (Lipinski definition) is 4. The largest absolute Gasteiger partial charge is 0.454 e. The Bertz CT molecular complexity index is 1020. The summed E-state index contributed by atoms with van der Waals surface area (Å²) >= 11 is 5.93. The molecule has 1 N–H and O–H groups in total. The number of nitrogens with one attached hydrogen (secondary N) is 1. The second kappa shape index (κ2) is 6.37. The number of carbonyl (C=O) groups is 1. The van der Waals surface area contributed by atoms with E-state index in [0.717, 1.165) is 11.0 Å². The molecule has 4 rings (SSSR count). The third-order valence-corrected chi connectivity index (χ3v) is 4.00. The Hall–Kier alpha value is -3.18. The van der Waals surface area contributed by atoms with Crippen molar-refractivity contribution in [2.75, 3.05) is 5.32 Å². The highest BCUT2D eigenvalue weighted by atomic mass is 35.5. The third kappa shape index (κ3) is 3.09. The highest BCUT2D eigenvalue weighted by Gasteiger charge is 2.12. The van der Waals surface area contributed by atoms with E-state index in [-0.39, 0.29) is 11.1 Å². The highest BCUT2D eigenvalue weighted by Crippen LogP contribution is 2.27. The number of fused-ring (bicyclic) bond motifs is 1. The van der Waals surface area contributed by atoms with Crippen molar-refractivity contribution in [2.24, 2.45) is 0 Å². The van der Waals surface area contributed by atoms with Gasteiger partial charge in [-0.05, 0) is 36.4 Å². The molecule has 5 nitrogen and oxygen atoms in total. The van der Waals surface area contributed by atoms with Crippen molar-refractivity contribution >= 4 is 34.2 Å². The van der Waals surface area contributed by atoms with Crippen molar-refractivity contribution < 1.29 is 9.21 Å². The molecule has 0 aliphatic carbocycles. The van der Waals surface area contributed by atoms with Crippen LogP contribution in [0.2, 0.25) is 5.15 Å². The van der Waals surface area contributed by atoms with Crippen LogP contribution < -0.4 is 5.32 Å². The molecule has 122 valence electrons. The van der Waals surface area contributed by atoms with Gasteiger partial charge >= 0.3 is 0 Å². The van der Waals surface area contributed by atoms with Crippen LogP contribution in [-0.4, -0.2) is 15.9 Å². The first-order valence-electron chi connectivity index (χ1n) is 7.57. The van der Waals surface area contributed by atoms with E-state index in [9.17, 15) is 4.79 Å². The molecule has 4 aromatic rings. The van der Waals surface area contributed by atoms with Crippen LogP contribution in [0.5, 0.6) is 0 Å². The molecular formula is C19H12ClN3O2. The quantitative estimate of drug-likeness (QED) is 0.540. The molecule has 0 aliphatic rings. The fourth-order valence-electron chi connectivity index (χ4n) is 2.48. The summed E-state index contributed by atoms with van der Waals surface area (Å²) in [5, 5.41) is 3.92. The molecule has 0 saturated heterocycles. The second-order valence-electron chi connectivity index (χ2n) is 5.38. The first-order chi connectivity index (χ1) is 12.2. The molecule has 0 bridgehead atoms. The van der Waals surface area contributed by atoms with Gasteiger partial charge in [-0.1, -0.05) is 29.8 Å². The lowest BCUT2D eigenvalue weighted by molar-refractivity contribution is 0.102. The molecule has 0 atom stereocenters. The van der Waals surface area contributed by atoms with Gasteiger partial charge in [0.05, 0.1) is 17.4 Å². The maximum Gasteiger partial charge on any atom is 0.258 e. The Morgan fingerprint density at radius 1 is 1.04 bits per heavy atom.